The van der Waals surface area contributed by atoms with E-state index in [2.05, 4.69) is 97.4 Å². The lowest BCUT2D eigenvalue weighted by Gasteiger charge is -2.30. The number of hydrogen-bond acceptors (Lipinski definition) is 1. The number of hydrogen-bond donors (Lipinski definition) is 0. The molecule has 1 heterocycles. The van der Waals surface area contributed by atoms with Gasteiger partial charge in [-0.25, -0.2) is 4.98 Å². The predicted octanol–water partition coefficient (Wildman–Crippen LogP) is 7.42. The second-order valence-electron chi connectivity index (χ2n) is 9.18. The largest absolute Gasteiger partial charge is 0.324 e. The quantitative estimate of drug-likeness (QED) is 0.495. The molecule has 0 fully saturated rings. The van der Waals surface area contributed by atoms with E-state index in [9.17, 15) is 0 Å². The fraction of sp³-hybridized carbons (Fsp3) is 0.519. The van der Waals surface area contributed by atoms with Crippen molar-refractivity contribution in [1.82, 2.24) is 9.55 Å². The molecule has 0 aliphatic heterocycles. The van der Waals surface area contributed by atoms with Gasteiger partial charge in [0.25, 0.3) is 0 Å². The highest BCUT2D eigenvalue weighted by Crippen LogP contribution is 2.43. The van der Waals surface area contributed by atoms with Crippen LogP contribution in [0.25, 0.3) is 5.57 Å². The van der Waals surface area contributed by atoms with Gasteiger partial charge in [-0.1, -0.05) is 91.5 Å². The van der Waals surface area contributed by atoms with Crippen molar-refractivity contribution in [2.45, 2.75) is 74.3 Å². The topological polar surface area (TPSA) is 17.8 Å². The molecule has 0 radical (unpaired) electrons. The normalized spacial score (nSPS) is 18.7. The first kappa shape index (κ1) is 23.2. The Hall–Kier alpha value is -2.09. The third-order valence-corrected chi connectivity index (χ3v) is 6.64. The summed E-state index contributed by atoms with van der Waals surface area (Å²) in [7, 11) is 0. The van der Waals surface area contributed by atoms with Gasteiger partial charge in [-0.2, -0.15) is 0 Å². The first-order chi connectivity index (χ1) is 13.6. The second-order valence-corrected chi connectivity index (χ2v) is 9.18. The lowest BCUT2D eigenvalue weighted by atomic mass is 9.77. The number of aryl methyl sites for hydroxylation is 2. The Morgan fingerprint density at radius 2 is 1.45 bits per heavy atom. The Morgan fingerprint density at radius 3 is 1.93 bits per heavy atom. The van der Waals surface area contributed by atoms with Crippen LogP contribution in [0.1, 0.15) is 82.7 Å². The van der Waals surface area contributed by atoms with Crippen molar-refractivity contribution in [1.29, 1.82) is 0 Å². The van der Waals surface area contributed by atoms with Gasteiger partial charge in [0.2, 0.25) is 0 Å². The van der Waals surface area contributed by atoms with E-state index in [1.807, 2.05) is 0 Å². The summed E-state index contributed by atoms with van der Waals surface area (Å²) >= 11 is 0. The lowest BCUT2D eigenvalue weighted by molar-refractivity contribution is 0.457. The van der Waals surface area contributed by atoms with E-state index in [-0.39, 0.29) is 0 Å². The lowest BCUT2D eigenvalue weighted by Crippen LogP contribution is -2.19. The van der Waals surface area contributed by atoms with Gasteiger partial charge in [-0.15, -0.1) is 0 Å². The van der Waals surface area contributed by atoms with Gasteiger partial charge in [0.05, 0.1) is 11.4 Å². The maximum atomic E-state index is 4.84. The van der Waals surface area contributed by atoms with Crippen molar-refractivity contribution in [3.63, 3.8) is 0 Å². The predicted molar refractivity (Wildman–Crippen MR) is 127 cm³/mol. The summed E-state index contributed by atoms with van der Waals surface area (Å²) in [6.07, 6.45) is 1.08. The maximum Gasteiger partial charge on any atom is 0.106 e. The van der Waals surface area contributed by atoms with Crippen molar-refractivity contribution in [3.05, 3.63) is 71.3 Å². The third kappa shape index (κ3) is 5.10. The summed E-state index contributed by atoms with van der Waals surface area (Å²) in [5.41, 5.74) is 7.41. The molecule has 3 rings (SSSR count). The van der Waals surface area contributed by atoms with Gasteiger partial charge in [0.15, 0.2) is 0 Å². The van der Waals surface area contributed by atoms with Crippen LogP contribution in [0, 0.1) is 24.7 Å². The molecule has 1 aromatic heterocycles. The van der Waals surface area contributed by atoms with Crippen molar-refractivity contribution in [2.75, 3.05) is 0 Å². The summed E-state index contributed by atoms with van der Waals surface area (Å²) in [6, 6.07) is 8.88. The van der Waals surface area contributed by atoms with Gasteiger partial charge in [0, 0.05) is 18.4 Å². The van der Waals surface area contributed by atoms with Crippen LogP contribution in [-0.2, 0) is 13.0 Å². The molecule has 1 aliphatic carbocycles. The fourth-order valence-electron chi connectivity index (χ4n) is 3.46. The summed E-state index contributed by atoms with van der Waals surface area (Å²) < 4.78 is 2.32. The first-order valence-electron chi connectivity index (χ1n) is 11.1. The van der Waals surface area contributed by atoms with Crippen LogP contribution in [0.2, 0.25) is 0 Å². The van der Waals surface area contributed by atoms with Crippen molar-refractivity contribution < 1.29 is 0 Å². The Bertz CT molecular complexity index is 843. The molecule has 29 heavy (non-hydrogen) atoms. The number of benzene rings is 1. The van der Waals surface area contributed by atoms with Crippen LogP contribution >= 0.6 is 0 Å². The van der Waals surface area contributed by atoms with Gasteiger partial charge in [0.1, 0.15) is 5.82 Å². The van der Waals surface area contributed by atoms with E-state index in [1.165, 1.54) is 22.4 Å². The average Bonchev–Trinajstić information content (AvgIpc) is 3.02. The smallest absolute Gasteiger partial charge is 0.106 e. The molecule has 0 amide bonds. The Balaban J connectivity index is 0.000000438. The zero-order chi connectivity index (χ0) is 21.9. The minimum absolute atomic E-state index is 0.299. The molecular formula is C27H40N2. The SMILES string of the molecule is C=C1c2c(nc(C)n2Cc2ccc(CC)cc2)C(C)C(=C)C1C.CC(C)C(C)C. The molecule has 2 unspecified atom stereocenters. The van der Waals surface area contributed by atoms with Gasteiger partial charge in [-0.3, -0.25) is 0 Å². The summed E-state index contributed by atoms with van der Waals surface area (Å²) in [6.45, 7) is 27.1. The summed E-state index contributed by atoms with van der Waals surface area (Å²) in [5.74, 6) is 3.38. The number of nitrogens with zero attached hydrogens (tertiary/aromatic N) is 2. The van der Waals surface area contributed by atoms with Crippen LogP contribution in [0.3, 0.4) is 0 Å². The van der Waals surface area contributed by atoms with Crippen LogP contribution < -0.4 is 0 Å². The van der Waals surface area contributed by atoms with Crippen LogP contribution in [-0.4, -0.2) is 9.55 Å². The van der Waals surface area contributed by atoms with Gasteiger partial charge >= 0.3 is 0 Å². The molecule has 1 aliphatic rings. The molecule has 2 nitrogen and oxygen atoms in total. The molecule has 2 atom stereocenters. The zero-order valence-electron chi connectivity index (χ0n) is 19.8. The molecule has 2 heteroatoms. The molecule has 1 aromatic carbocycles. The summed E-state index contributed by atoms with van der Waals surface area (Å²) in [4.78, 5) is 4.84. The highest BCUT2D eigenvalue weighted by Gasteiger charge is 2.32. The number of fused-ring (bicyclic) bond motifs is 1. The van der Waals surface area contributed by atoms with Crippen molar-refractivity contribution in [3.8, 4) is 0 Å². The van der Waals surface area contributed by atoms with E-state index in [4.69, 9.17) is 4.98 Å². The van der Waals surface area contributed by atoms with E-state index in [0.29, 0.717) is 11.8 Å². The van der Waals surface area contributed by atoms with Crippen molar-refractivity contribution >= 4 is 5.57 Å². The average molecular weight is 393 g/mol. The van der Waals surface area contributed by atoms with Crippen LogP contribution in [0.5, 0.6) is 0 Å². The van der Waals surface area contributed by atoms with Crippen LogP contribution in [0.15, 0.2) is 43.0 Å². The number of rotatable bonds is 4. The Kier molecular flexibility index (Phi) is 7.68. The second kappa shape index (κ2) is 9.61. The number of allylic oxidation sites excluding steroid dienone is 2. The van der Waals surface area contributed by atoms with E-state index < -0.39 is 0 Å². The minimum Gasteiger partial charge on any atom is -0.324 e. The van der Waals surface area contributed by atoms with Crippen molar-refractivity contribution in [2.24, 2.45) is 17.8 Å². The maximum absolute atomic E-state index is 4.84. The standard InChI is InChI=1S/C21H26N2.C6H14/c1-7-18-8-10-19(11-9-18)12-23-17(6)22-20-15(4)13(2)14(3)16(5)21(20)23;1-5(2)6(3)4/h8-11,14-15H,2,5,7,12H2,1,3-4,6H3;5-6H,1-4H3. The van der Waals surface area contributed by atoms with E-state index in [1.54, 1.807) is 0 Å². The monoisotopic (exact) mass is 392 g/mol. The molecule has 0 spiro atoms. The summed E-state index contributed by atoms with van der Waals surface area (Å²) in [5, 5.41) is 0. The Morgan fingerprint density at radius 1 is 0.931 bits per heavy atom. The third-order valence-electron chi connectivity index (χ3n) is 6.64. The molecule has 0 N–H and O–H groups in total. The molecule has 2 aromatic rings. The molecule has 158 valence electrons. The van der Waals surface area contributed by atoms with Crippen LogP contribution in [0.4, 0.5) is 0 Å². The van der Waals surface area contributed by atoms with E-state index in [0.717, 1.165) is 41.9 Å². The highest BCUT2D eigenvalue weighted by atomic mass is 15.1. The minimum atomic E-state index is 0.299. The van der Waals surface area contributed by atoms with E-state index >= 15 is 0 Å². The van der Waals surface area contributed by atoms with Gasteiger partial charge in [-0.05, 0) is 41.9 Å². The number of imidazole rings is 1. The fourth-order valence-corrected chi connectivity index (χ4v) is 3.46. The number of aromatic nitrogens is 2. The zero-order valence-corrected chi connectivity index (χ0v) is 19.8. The highest BCUT2D eigenvalue weighted by molar-refractivity contribution is 5.71. The molecule has 0 saturated heterocycles. The molecule has 0 bridgehead atoms. The van der Waals surface area contributed by atoms with Gasteiger partial charge < -0.3 is 4.57 Å². The Labute approximate surface area is 178 Å². The molecule has 0 saturated carbocycles. The molecular weight excluding hydrogens is 352 g/mol. The first-order valence-corrected chi connectivity index (χ1v) is 11.1.